The van der Waals surface area contributed by atoms with Crippen LogP contribution in [0.5, 0.6) is 0 Å². The van der Waals surface area contributed by atoms with Crippen molar-refractivity contribution in [2.45, 2.75) is 58.8 Å². The van der Waals surface area contributed by atoms with Crippen LogP contribution in [0.25, 0.3) is 0 Å². The van der Waals surface area contributed by atoms with Crippen LogP contribution >= 0.6 is 0 Å². The highest BCUT2D eigenvalue weighted by atomic mass is 16.4. The van der Waals surface area contributed by atoms with Crippen LogP contribution in [0.15, 0.2) is 0 Å². The molecule has 6 atom stereocenters. The largest absolute Gasteiger partial charge is 0.481 e. The van der Waals surface area contributed by atoms with Crippen molar-refractivity contribution in [3.8, 4) is 0 Å². The SMILES string of the molecule is CCCCC1C(C)C(C(=O)O)C(C(=O)O)C2CCCCC12. The van der Waals surface area contributed by atoms with Gasteiger partial charge in [0.05, 0.1) is 11.8 Å². The highest BCUT2D eigenvalue weighted by Crippen LogP contribution is 2.53. The second-order valence-electron chi connectivity index (χ2n) is 7.01. The van der Waals surface area contributed by atoms with Gasteiger partial charge < -0.3 is 10.2 Å². The van der Waals surface area contributed by atoms with Gasteiger partial charge in [0, 0.05) is 0 Å². The summed E-state index contributed by atoms with van der Waals surface area (Å²) in [5, 5.41) is 19.2. The Bertz CT molecular complexity index is 392. The summed E-state index contributed by atoms with van der Waals surface area (Å²) in [5.41, 5.74) is 0. The molecule has 0 bridgehead atoms. The average Bonchev–Trinajstić information content (AvgIpc) is 2.44. The summed E-state index contributed by atoms with van der Waals surface area (Å²) in [7, 11) is 0. The highest BCUT2D eigenvalue weighted by Gasteiger charge is 2.54. The second-order valence-corrected chi connectivity index (χ2v) is 7.01. The molecule has 2 fully saturated rings. The van der Waals surface area contributed by atoms with Crippen LogP contribution in [0.1, 0.15) is 58.8 Å². The second kappa shape index (κ2) is 6.80. The molecule has 0 aromatic carbocycles. The van der Waals surface area contributed by atoms with Crippen LogP contribution in [0.3, 0.4) is 0 Å². The number of aliphatic carboxylic acids is 2. The van der Waals surface area contributed by atoms with Crippen LogP contribution in [0.4, 0.5) is 0 Å². The average molecular weight is 296 g/mol. The van der Waals surface area contributed by atoms with Crippen molar-refractivity contribution in [1.82, 2.24) is 0 Å². The molecular weight excluding hydrogens is 268 g/mol. The lowest BCUT2D eigenvalue weighted by molar-refractivity contribution is -0.169. The Morgan fingerprint density at radius 3 is 2.10 bits per heavy atom. The van der Waals surface area contributed by atoms with E-state index in [4.69, 9.17) is 0 Å². The maximum Gasteiger partial charge on any atom is 0.307 e. The normalized spacial score (nSPS) is 39.5. The van der Waals surface area contributed by atoms with Crippen LogP contribution in [0.2, 0.25) is 0 Å². The molecule has 2 aliphatic carbocycles. The van der Waals surface area contributed by atoms with E-state index < -0.39 is 23.8 Å². The lowest BCUT2D eigenvalue weighted by Gasteiger charge is -2.50. The number of hydrogen-bond donors (Lipinski definition) is 2. The van der Waals surface area contributed by atoms with Gasteiger partial charge in [-0.15, -0.1) is 0 Å². The van der Waals surface area contributed by atoms with Crippen molar-refractivity contribution in [2.75, 3.05) is 0 Å². The molecule has 0 aromatic heterocycles. The number of unbranched alkanes of at least 4 members (excludes halogenated alkanes) is 1. The van der Waals surface area contributed by atoms with Gasteiger partial charge in [-0.1, -0.05) is 39.5 Å². The lowest BCUT2D eigenvalue weighted by atomic mass is 9.53. The first-order valence-corrected chi connectivity index (χ1v) is 8.44. The molecule has 0 spiro atoms. The van der Waals surface area contributed by atoms with Gasteiger partial charge in [0.25, 0.3) is 0 Å². The van der Waals surface area contributed by atoms with Gasteiger partial charge in [-0.05, 0) is 42.9 Å². The number of carbonyl (C=O) groups is 2. The molecule has 0 aromatic rings. The standard InChI is InChI=1S/C17H28O4/c1-3-4-7-11-10(2)14(16(18)19)15(17(20)21)13-9-6-5-8-12(11)13/h10-15H,3-9H2,1-2H3,(H,18,19)(H,20,21). The quantitative estimate of drug-likeness (QED) is 0.812. The van der Waals surface area contributed by atoms with Gasteiger partial charge in [0.1, 0.15) is 0 Å². The Morgan fingerprint density at radius 2 is 1.57 bits per heavy atom. The van der Waals surface area contributed by atoms with Crippen LogP contribution in [0, 0.1) is 35.5 Å². The van der Waals surface area contributed by atoms with E-state index in [2.05, 4.69) is 6.92 Å². The molecule has 0 saturated heterocycles. The summed E-state index contributed by atoms with van der Waals surface area (Å²) in [6.07, 6.45) is 7.46. The maximum atomic E-state index is 11.7. The summed E-state index contributed by atoms with van der Waals surface area (Å²) in [6.45, 7) is 4.13. The zero-order chi connectivity index (χ0) is 15.6. The summed E-state index contributed by atoms with van der Waals surface area (Å²) >= 11 is 0. The molecule has 2 rings (SSSR count). The van der Waals surface area contributed by atoms with Crippen molar-refractivity contribution in [3.63, 3.8) is 0 Å². The smallest absolute Gasteiger partial charge is 0.307 e. The number of rotatable bonds is 5. The van der Waals surface area contributed by atoms with E-state index in [0.29, 0.717) is 11.8 Å². The lowest BCUT2D eigenvalue weighted by Crippen LogP contribution is -2.52. The number of carboxylic acid groups (broad SMARTS) is 2. The third-order valence-electron chi connectivity index (χ3n) is 5.98. The van der Waals surface area contributed by atoms with Crippen molar-refractivity contribution in [3.05, 3.63) is 0 Å². The number of fused-ring (bicyclic) bond motifs is 1. The molecule has 4 nitrogen and oxygen atoms in total. The molecule has 2 saturated carbocycles. The van der Waals surface area contributed by atoms with Gasteiger partial charge >= 0.3 is 11.9 Å². The zero-order valence-corrected chi connectivity index (χ0v) is 13.1. The third kappa shape index (κ3) is 3.09. The van der Waals surface area contributed by atoms with E-state index in [0.717, 1.165) is 38.5 Å². The van der Waals surface area contributed by atoms with E-state index >= 15 is 0 Å². The summed E-state index contributed by atoms with van der Waals surface area (Å²) in [4.78, 5) is 23.4. The first-order chi connectivity index (χ1) is 9.99. The molecule has 2 N–H and O–H groups in total. The summed E-state index contributed by atoms with van der Waals surface area (Å²) in [6, 6.07) is 0. The Kier molecular flexibility index (Phi) is 5.28. The van der Waals surface area contributed by atoms with Gasteiger partial charge in [-0.2, -0.15) is 0 Å². The minimum atomic E-state index is -0.916. The fourth-order valence-electron chi connectivity index (χ4n) is 5.05. The first kappa shape index (κ1) is 16.3. The van der Waals surface area contributed by atoms with E-state index in [1.807, 2.05) is 6.92 Å². The Morgan fingerprint density at radius 1 is 1.00 bits per heavy atom. The van der Waals surface area contributed by atoms with Gasteiger partial charge in [-0.25, -0.2) is 0 Å². The Hall–Kier alpha value is -1.06. The molecule has 120 valence electrons. The molecule has 6 unspecified atom stereocenters. The van der Waals surface area contributed by atoms with Crippen molar-refractivity contribution < 1.29 is 19.8 Å². The number of carboxylic acids is 2. The molecule has 0 heterocycles. The van der Waals surface area contributed by atoms with E-state index in [-0.39, 0.29) is 11.8 Å². The Balaban J connectivity index is 2.32. The van der Waals surface area contributed by atoms with Crippen LogP contribution in [-0.2, 0) is 9.59 Å². The third-order valence-corrected chi connectivity index (χ3v) is 5.98. The summed E-state index contributed by atoms with van der Waals surface area (Å²) < 4.78 is 0. The van der Waals surface area contributed by atoms with Crippen molar-refractivity contribution >= 4 is 11.9 Å². The molecule has 0 amide bonds. The predicted octanol–water partition coefficient (Wildman–Crippen LogP) is 3.65. The molecule has 0 radical (unpaired) electrons. The van der Waals surface area contributed by atoms with Gasteiger partial charge in [0.15, 0.2) is 0 Å². The van der Waals surface area contributed by atoms with Crippen LogP contribution < -0.4 is 0 Å². The summed E-state index contributed by atoms with van der Waals surface area (Å²) in [5.74, 6) is -2.40. The first-order valence-electron chi connectivity index (χ1n) is 8.44. The van der Waals surface area contributed by atoms with E-state index in [9.17, 15) is 19.8 Å². The fraction of sp³-hybridized carbons (Fsp3) is 0.882. The molecule has 4 heteroatoms. The molecule has 2 aliphatic rings. The fourth-order valence-corrected chi connectivity index (χ4v) is 5.05. The zero-order valence-electron chi connectivity index (χ0n) is 13.1. The number of hydrogen-bond acceptors (Lipinski definition) is 2. The monoisotopic (exact) mass is 296 g/mol. The minimum Gasteiger partial charge on any atom is -0.481 e. The minimum absolute atomic E-state index is 0.0329. The van der Waals surface area contributed by atoms with Gasteiger partial charge in [0.2, 0.25) is 0 Å². The van der Waals surface area contributed by atoms with Crippen molar-refractivity contribution in [2.24, 2.45) is 35.5 Å². The molecule has 0 aliphatic heterocycles. The van der Waals surface area contributed by atoms with Crippen LogP contribution in [-0.4, -0.2) is 22.2 Å². The highest BCUT2D eigenvalue weighted by molar-refractivity contribution is 5.81. The topological polar surface area (TPSA) is 74.6 Å². The van der Waals surface area contributed by atoms with Gasteiger partial charge in [-0.3, -0.25) is 9.59 Å². The van der Waals surface area contributed by atoms with E-state index in [1.165, 1.54) is 6.42 Å². The maximum absolute atomic E-state index is 11.7. The molecular formula is C17H28O4. The Labute approximate surface area is 126 Å². The van der Waals surface area contributed by atoms with E-state index in [1.54, 1.807) is 0 Å². The molecule has 21 heavy (non-hydrogen) atoms. The van der Waals surface area contributed by atoms with Crippen molar-refractivity contribution in [1.29, 1.82) is 0 Å². The predicted molar refractivity (Wildman–Crippen MR) is 79.9 cm³/mol.